The zero-order valence-corrected chi connectivity index (χ0v) is 11.1. The molecule has 98 valence electrons. The van der Waals surface area contributed by atoms with E-state index in [9.17, 15) is 9.50 Å². The molecule has 1 atom stereocenters. The lowest BCUT2D eigenvalue weighted by atomic mass is 10.1. The lowest BCUT2D eigenvalue weighted by Gasteiger charge is -2.13. The first-order valence-electron chi connectivity index (χ1n) is 5.71. The Kier molecular flexibility index (Phi) is 8.13. The fraction of sp³-hybridized carbons (Fsp3) is 0.538. The molecule has 1 aromatic carbocycles. The molecule has 0 heterocycles. The summed E-state index contributed by atoms with van der Waals surface area (Å²) in [5.74, 6) is 0.271. The predicted molar refractivity (Wildman–Crippen MR) is 70.8 cm³/mol. The van der Waals surface area contributed by atoms with Crippen LogP contribution in [0.3, 0.4) is 0 Å². The maximum atomic E-state index is 12.8. The van der Waals surface area contributed by atoms with Gasteiger partial charge in [0, 0.05) is 13.1 Å². The molecule has 0 radical (unpaired) electrons. The maximum absolute atomic E-state index is 12.8. The normalized spacial score (nSPS) is 12.3. The van der Waals surface area contributed by atoms with E-state index in [-0.39, 0.29) is 24.3 Å². The van der Waals surface area contributed by atoms with Gasteiger partial charge < -0.3 is 10.4 Å². The smallest absolute Gasteiger partial charge is 0.123 e. The highest BCUT2D eigenvalue weighted by atomic mass is 35.5. The van der Waals surface area contributed by atoms with Gasteiger partial charge in [-0.3, -0.25) is 0 Å². The molecule has 0 aliphatic rings. The summed E-state index contributed by atoms with van der Waals surface area (Å²) in [4.78, 5) is 0. The molecule has 2 N–H and O–H groups in total. The molecular formula is C13H21ClFNO. The van der Waals surface area contributed by atoms with Gasteiger partial charge in [-0.1, -0.05) is 26.0 Å². The van der Waals surface area contributed by atoms with Crippen molar-refractivity contribution in [2.24, 2.45) is 5.92 Å². The first-order valence-corrected chi connectivity index (χ1v) is 5.71. The van der Waals surface area contributed by atoms with Gasteiger partial charge in [0.2, 0.25) is 0 Å². The van der Waals surface area contributed by atoms with E-state index in [2.05, 4.69) is 19.2 Å². The summed E-state index contributed by atoms with van der Waals surface area (Å²) in [6.07, 6.45) is 0.462. The van der Waals surface area contributed by atoms with Crippen molar-refractivity contribution in [1.29, 1.82) is 0 Å². The van der Waals surface area contributed by atoms with E-state index in [4.69, 9.17) is 0 Å². The number of halogens is 2. The second-order valence-electron chi connectivity index (χ2n) is 4.54. The second kappa shape index (κ2) is 8.45. The first-order chi connectivity index (χ1) is 7.58. The van der Waals surface area contributed by atoms with E-state index in [0.29, 0.717) is 19.0 Å². The molecule has 0 aliphatic carbocycles. The topological polar surface area (TPSA) is 32.3 Å². The molecule has 1 unspecified atom stereocenters. The summed E-state index contributed by atoms with van der Waals surface area (Å²) in [5.41, 5.74) is 0.900. The van der Waals surface area contributed by atoms with E-state index in [0.717, 1.165) is 12.0 Å². The van der Waals surface area contributed by atoms with E-state index >= 15 is 0 Å². The van der Waals surface area contributed by atoms with E-state index in [1.165, 1.54) is 12.1 Å². The SMILES string of the molecule is CC(C)CC(O)CNCc1cccc(F)c1.Cl. The molecule has 0 spiro atoms. The van der Waals surface area contributed by atoms with E-state index < -0.39 is 0 Å². The molecule has 0 fully saturated rings. The molecule has 0 aliphatic heterocycles. The van der Waals surface area contributed by atoms with Gasteiger partial charge in [0.25, 0.3) is 0 Å². The molecular weight excluding hydrogens is 241 g/mol. The van der Waals surface area contributed by atoms with Gasteiger partial charge >= 0.3 is 0 Å². The fourth-order valence-electron chi connectivity index (χ4n) is 1.66. The van der Waals surface area contributed by atoms with Crippen LogP contribution < -0.4 is 5.32 Å². The Morgan fingerprint density at radius 1 is 1.35 bits per heavy atom. The number of hydrogen-bond donors (Lipinski definition) is 2. The van der Waals surface area contributed by atoms with Crippen molar-refractivity contribution in [3.8, 4) is 0 Å². The Balaban J connectivity index is 0.00000256. The maximum Gasteiger partial charge on any atom is 0.123 e. The third kappa shape index (κ3) is 7.31. The minimum Gasteiger partial charge on any atom is -0.392 e. The molecule has 0 amide bonds. The minimum absolute atomic E-state index is 0. The molecule has 2 nitrogen and oxygen atoms in total. The van der Waals surface area contributed by atoms with Gasteiger partial charge in [-0.25, -0.2) is 4.39 Å². The Labute approximate surface area is 109 Å². The quantitative estimate of drug-likeness (QED) is 0.825. The van der Waals surface area contributed by atoms with Crippen LogP contribution in [0.1, 0.15) is 25.8 Å². The number of benzene rings is 1. The lowest BCUT2D eigenvalue weighted by Crippen LogP contribution is -2.27. The van der Waals surface area contributed by atoms with Crippen LogP contribution in [0.5, 0.6) is 0 Å². The predicted octanol–water partition coefficient (Wildman–Crippen LogP) is 2.74. The summed E-state index contributed by atoms with van der Waals surface area (Å²) in [5, 5.41) is 12.7. The highest BCUT2D eigenvalue weighted by Gasteiger charge is 2.06. The molecule has 0 saturated carbocycles. The van der Waals surface area contributed by atoms with Crippen LogP contribution in [0.2, 0.25) is 0 Å². The van der Waals surface area contributed by atoms with Crippen molar-refractivity contribution in [2.45, 2.75) is 32.9 Å². The number of nitrogens with one attached hydrogen (secondary N) is 1. The van der Waals surface area contributed by atoms with Crippen molar-refractivity contribution < 1.29 is 9.50 Å². The van der Waals surface area contributed by atoms with Gasteiger partial charge in [-0.2, -0.15) is 0 Å². The largest absolute Gasteiger partial charge is 0.392 e. The van der Waals surface area contributed by atoms with Crippen molar-refractivity contribution in [1.82, 2.24) is 5.32 Å². The number of aliphatic hydroxyl groups is 1. The van der Waals surface area contributed by atoms with Crippen LogP contribution in [0.25, 0.3) is 0 Å². The summed E-state index contributed by atoms with van der Waals surface area (Å²) >= 11 is 0. The Morgan fingerprint density at radius 2 is 2.06 bits per heavy atom. The number of hydrogen-bond acceptors (Lipinski definition) is 2. The van der Waals surface area contributed by atoms with Crippen LogP contribution in [-0.2, 0) is 6.54 Å². The van der Waals surface area contributed by atoms with E-state index in [1.807, 2.05) is 6.07 Å². The lowest BCUT2D eigenvalue weighted by molar-refractivity contribution is 0.146. The molecule has 17 heavy (non-hydrogen) atoms. The van der Waals surface area contributed by atoms with Gasteiger partial charge in [0.15, 0.2) is 0 Å². The fourth-order valence-corrected chi connectivity index (χ4v) is 1.66. The number of aliphatic hydroxyl groups excluding tert-OH is 1. The third-order valence-electron chi connectivity index (χ3n) is 2.34. The van der Waals surface area contributed by atoms with Crippen LogP contribution in [0.4, 0.5) is 4.39 Å². The van der Waals surface area contributed by atoms with Gasteiger partial charge in [0.1, 0.15) is 5.82 Å². The average Bonchev–Trinajstić information content (AvgIpc) is 2.16. The Bertz CT molecular complexity index is 320. The highest BCUT2D eigenvalue weighted by molar-refractivity contribution is 5.85. The Morgan fingerprint density at radius 3 is 2.65 bits per heavy atom. The zero-order chi connectivity index (χ0) is 12.0. The molecule has 1 aromatic rings. The Hall–Kier alpha value is -0.640. The van der Waals surface area contributed by atoms with Crippen molar-refractivity contribution in [2.75, 3.05) is 6.54 Å². The van der Waals surface area contributed by atoms with Crippen molar-refractivity contribution in [3.63, 3.8) is 0 Å². The molecule has 4 heteroatoms. The van der Waals surface area contributed by atoms with Crippen molar-refractivity contribution >= 4 is 12.4 Å². The summed E-state index contributed by atoms with van der Waals surface area (Å²) in [6.45, 7) is 5.30. The summed E-state index contributed by atoms with van der Waals surface area (Å²) in [7, 11) is 0. The van der Waals surface area contributed by atoms with Gasteiger partial charge in [-0.15, -0.1) is 12.4 Å². The van der Waals surface area contributed by atoms with Gasteiger partial charge in [0.05, 0.1) is 6.10 Å². The average molecular weight is 262 g/mol. The number of rotatable bonds is 6. The zero-order valence-electron chi connectivity index (χ0n) is 10.3. The molecule has 0 aromatic heterocycles. The molecule has 0 bridgehead atoms. The first kappa shape index (κ1) is 16.4. The van der Waals surface area contributed by atoms with Crippen LogP contribution in [-0.4, -0.2) is 17.8 Å². The second-order valence-corrected chi connectivity index (χ2v) is 4.54. The summed E-state index contributed by atoms with van der Waals surface area (Å²) < 4.78 is 12.8. The van der Waals surface area contributed by atoms with Crippen molar-refractivity contribution in [3.05, 3.63) is 35.6 Å². The van der Waals surface area contributed by atoms with Crippen LogP contribution in [0, 0.1) is 11.7 Å². The highest BCUT2D eigenvalue weighted by Crippen LogP contribution is 2.05. The third-order valence-corrected chi connectivity index (χ3v) is 2.34. The summed E-state index contributed by atoms with van der Waals surface area (Å²) in [6, 6.07) is 6.49. The van der Waals surface area contributed by atoms with Crippen LogP contribution >= 0.6 is 12.4 Å². The molecule has 1 rings (SSSR count). The van der Waals surface area contributed by atoms with Crippen LogP contribution in [0.15, 0.2) is 24.3 Å². The van der Waals surface area contributed by atoms with Gasteiger partial charge in [-0.05, 0) is 30.0 Å². The minimum atomic E-state index is -0.325. The standard InChI is InChI=1S/C13H20FNO.ClH/c1-10(2)6-13(16)9-15-8-11-4-3-5-12(14)7-11;/h3-5,7,10,13,15-16H,6,8-9H2,1-2H3;1H. The molecule has 0 saturated heterocycles. The van der Waals surface area contributed by atoms with E-state index in [1.54, 1.807) is 6.07 Å². The monoisotopic (exact) mass is 261 g/mol.